The number of aliphatic hydroxyl groups excluding tert-OH is 1. The number of unbranched alkanes of at least 4 members (excludes halogenated alkanes) is 40. The maximum absolute atomic E-state index is 14.5. The maximum Gasteiger partial charge on any atom is 0.326 e. The highest BCUT2D eigenvalue weighted by atomic mass is 32.2. The smallest absolute Gasteiger partial charge is 0.326 e. The summed E-state index contributed by atoms with van der Waals surface area (Å²) in [6.07, 6.45) is 48.4. The van der Waals surface area contributed by atoms with Crippen LogP contribution in [0, 0.1) is 0 Å². The number of esters is 2. The van der Waals surface area contributed by atoms with E-state index < -0.39 is 96.6 Å². The molecule has 0 fully saturated rings. The number of aliphatic carboxylic acids is 1. The van der Waals surface area contributed by atoms with Crippen LogP contribution in [-0.4, -0.2) is 150 Å². The molecule has 614 valence electrons. The van der Waals surface area contributed by atoms with E-state index in [-0.39, 0.29) is 81.9 Å². The van der Waals surface area contributed by atoms with Crippen LogP contribution in [0.25, 0.3) is 0 Å². The van der Waals surface area contributed by atoms with Crippen molar-refractivity contribution in [3.05, 3.63) is 0 Å². The topological polar surface area (TPSA) is 389 Å². The van der Waals surface area contributed by atoms with Crippen molar-refractivity contribution in [1.82, 2.24) is 31.9 Å². The predicted molar refractivity (Wildman–Crippen MR) is 427 cm³/mol. The summed E-state index contributed by atoms with van der Waals surface area (Å²) in [7, 11) is 0. The molecule has 0 aromatic carbocycles. The number of carbonyl (C=O) groups is 9. The number of hydrogen-bond acceptors (Lipinski definition) is 17. The van der Waals surface area contributed by atoms with Crippen LogP contribution in [0.5, 0.6) is 0 Å². The fraction of sp³-hybridized carbons (Fsp3) is 0.889. The van der Waals surface area contributed by atoms with Gasteiger partial charge in [-0.15, -0.1) is 0 Å². The van der Waals surface area contributed by atoms with Gasteiger partial charge in [-0.1, -0.05) is 252 Å². The van der Waals surface area contributed by atoms with E-state index in [1.54, 1.807) is 0 Å². The van der Waals surface area contributed by atoms with Gasteiger partial charge >= 0.3 is 17.9 Å². The molecule has 6 atom stereocenters. The monoisotopic (exact) mass is 1510 g/mol. The van der Waals surface area contributed by atoms with Gasteiger partial charge in [0.2, 0.25) is 41.7 Å². The van der Waals surface area contributed by atoms with Crippen LogP contribution < -0.4 is 54.8 Å². The van der Waals surface area contributed by atoms with Gasteiger partial charge in [-0.3, -0.25) is 38.4 Å². The zero-order chi connectivity index (χ0) is 77.4. The quantitative estimate of drug-likeness (QED) is 0.0153. The van der Waals surface area contributed by atoms with Gasteiger partial charge < -0.3 is 74.5 Å². The summed E-state index contributed by atoms with van der Waals surface area (Å²) in [6, 6.07) is -7.80. The minimum absolute atomic E-state index is 0.00925. The molecule has 6 amide bonds. The lowest BCUT2D eigenvalue weighted by atomic mass is 10.0. The number of amides is 6. The maximum atomic E-state index is 14.5. The van der Waals surface area contributed by atoms with Gasteiger partial charge in [0, 0.05) is 37.2 Å². The van der Waals surface area contributed by atoms with Crippen molar-refractivity contribution >= 4 is 65.1 Å². The Morgan fingerprint density at radius 2 is 0.562 bits per heavy atom. The molecule has 0 radical (unpaired) electrons. The third kappa shape index (κ3) is 59.9. The lowest BCUT2D eigenvalue weighted by molar-refractivity contribution is -0.188. The molecular weight excluding hydrogens is 1350 g/mol. The highest BCUT2D eigenvalue weighted by Crippen LogP contribution is 2.20. The molecule has 0 aliphatic rings. The number of nitrogens with two attached hydrogens (primary N) is 4. The standard InChI is InChI=1S/C81H156N10O13S/c1-4-7-10-13-16-19-22-25-28-31-34-37-40-55-72(93)86-71(65-105-63-58-75(103-73(94)56-41-38-35-32-29-26-23-20-17-14-11-8-5-2)104-74(95)57-42-39-36-33-30-27-24-21-18-15-12-9-6-3)80(100)91-70(64-92)79(99)89-67(52-44-48-60-83)77(97)87-66(51-43-47-59-82)76(96)88-68(53-45-49-61-84)78(98)90-69(81(101)102)54-46-50-62-85/h66-71,75,92H,4-65,82-85H2,1-3H3,(H,86,93)(H,87,97)(H,88,96)(H,89,99)(H,90,98)(H,91,100)(H,101,102)/t66-,67-,68-,69-,70-,71-/m0/s1. The van der Waals surface area contributed by atoms with Crippen LogP contribution in [0.3, 0.4) is 0 Å². The highest BCUT2D eigenvalue weighted by molar-refractivity contribution is 7.99. The Bertz CT molecular complexity index is 2130. The molecule has 24 heteroatoms. The van der Waals surface area contributed by atoms with E-state index in [4.69, 9.17) is 32.4 Å². The Morgan fingerprint density at radius 3 is 0.857 bits per heavy atom. The fourth-order valence-electron chi connectivity index (χ4n) is 12.9. The molecule has 23 nitrogen and oxygen atoms in total. The van der Waals surface area contributed by atoms with Gasteiger partial charge in [-0.25, -0.2) is 4.79 Å². The molecular formula is C81H156N10O13S. The molecule has 0 aromatic heterocycles. The first-order valence-corrected chi connectivity index (χ1v) is 43.6. The molecule has 0 unspecified atom stereocenters. The van der Waals surface area contributed by atoms with Crippen LogP contribution in [0.15, 0.2) is 0 Å². The van der Waals surface area contributed by atoms with Gasteiger partial charge in [0.25, 0.3) is 0 Å². The van der Waals surface area contributed by atoms with Crippen LogP contribution in [-0.2, 0) is 52.6 Å². The van der Waals surface area contributed by atoms with Crippen molar-refractivity contribution in [2.24, 2.45) is 22.9 Å². The summed E-state index contributed by atoms with van der Waals surface area (Å²) < 4.78 is 11.7. The predicted octanol–water partition coefficient (Wildman–Crippen LogP) is 13.5. The third-order valence-corrected chi connectivity index (χ3v) is 20.6. The lowest BCUT2D eigenvalue weighted by Gasteiger charge is -2.27. The van der Waals surface area contributed by atoms with Crippen LogP contribution in [0.2, 0.25) is 0 Å². The molecule has 0 aliphatic heterocycles. The van der Waals surface area contributed by atoms with E-state index in [9.17, 15) is 53.4 Å². The molecule has 0 heterocycles. The summed E-state index contributed by atoms with van der Waals surface area (Å²) in [5.41, 5.74) is 23.1. The fourth-order valence-corrected chi connectivity index (χ4v) is 13.8. The molecule has 0 saturated heterocycles. The van der Waals surface area contributed by atoms with Gasteiger partial charge in [0.05, 0.1) is 6.61 Å². The van der Waals surface area contributed by atoms with Crippen LogP contribution in [0.4, 0.5) is 0 Å². The first kappa shape index (κ1) is 100. The van der Waals surface area contributed by atoms with Gasteiger partial charge in [0.1, 0.15) is 36.3 Å². The van der Waals surface area contributed by atoms with E-state index in [2.05, 4.69) is 52.7 Å². The Balaban J connectivity index is 6.55. The second kappa shape index (κ2) is 73.5. The van der Waals surface area contributed by atoms with Crippen molar-refractivity contribution in [2.75, 3.05) is 44.3 Å². The zero-order valence-electron chi connectivity index (χ0n) is 66.5. The molecule has 0 aliphatic carbocycles. The zero-order valence-corrected chi connectivity index (χ0v) is 67.3. The minimum atomic E-state index is -1.61. The molecule has 16 N–H and O–H groups in total. The number of thioether (sulfide) groups is 1. The van der Waals surface area contributed by atoms with E-state index >= 15 is 0 Å². The Hall–Kier alpha value is -4.62. The first-order chi connectivity index (χ1) is 51.0. The Labute approximate surface area is 640 Å². The van der Waals surface area contributed by atoms with E-state index in [0.29, 0.717) is 83.7 Å². The van der Waals surface area contributed by atoms with Crippen molar-refractivity contribution in [1.29, 1.82) is 0 Å². The summed E-state index contributed by atoms with van der Waals surface area (Å²) in [4.78, 5) is 124. The van der Waals surface area contributed by atoms with Crippen molar-refractivity contribution in [3.8, 4) is 0 Å². The van der Waals surface area contributed by atoms with Crippen LogP contribution >= 0.6 is 11.8 Å². The second-order valence-electron chi connectivity index (χ2n) is 29.3. The molecule has 0 rings (SSSR count). The highest BCUT2D eigenvalue weighted by Gasteiger charge is 2.34. The number of aliphatic hydroxyl groups is 1. The molecule has 105 heavy (non-hydrogen) atoms. The van der Waals surface area contributed by atoms with E-state index in [1.807, 2.05) is 0 Å². The number of rotatable bonds is 78. The van der Waals surface area contributed by atoms with Gasteiger partial charge in [-0.05, 0) is 122 Å². The normalized spacial score (nSPS) is 13.1. The van der Waals surface area contributed by atoms with E-state index in [1.165, 1.54) is 179 Å². The summed E-state index contributed by atoms with van der Waals surface area (Å²) >= 11 is 1.26. The Kier molecular flexibility index (Phi) is 70.3. The average Bonchev–Trinajstić information content (AvgIpc) is 0.878. The first-order valence-electron chi connectivity index (χ1n) is 42.5. The lowest BCUT2D eigenvalue weighted by Crippen LogP contribution is -2.60. The third-order valence-electron chi connectivity index (χ3n) is 19.6. The SMILES string of the molecule is CCCCCCCCCCCCCCCC(=O)N[C@@H](CSCCC(OC(=O)CCCCCCCCCCCCCCC)OC(=O)CCCCCCCCCCCCCCC)C(=O)N[C@@H](CO)C(=O)N[C@@H](CCCCN)C(=O)N[C@@H](CCCCN)C(=O)N[C@@H](CCCCN)C(=O)N[C@@H](CCCCN)C(=O)O. The largest absolute Gasteiger partial charge is 0.480 e. The molecule has 0 bridgehead atoms. The van der Waals surface area contributed by atoms with Crippen molar-refractivity contribution < 1.29 is 62.8 Å². The van der Waals surface area contributed by atoms with E-state index in [0.717, 1.165) is 64.2 Å². The van der Waals surface area contributed by atoms with Crippen molar-refractivity contribution in [2.45, 2.75) is 416 Å². The number of carboxylic acid groups (broad SMARTS) is 1. The second-order valence-corrected chi connectivity index (χ2v) is 30.5. The minimum Gasteiger partial charge on any atom is -0.480 e. The number of carbonyl (C=O) groups excluding carboxylic acids is 8. The van der Waals surface area contributed by atoms with Gasteiger partial charge in [-0.2, -0.15) is 11.8 Å². The number of hydrogen-bond donors (Lipinski definition) is 12. The number of nitrogens with one attached hydrogen (secondary N) is 6. The van der Waals surface area contributed by atoms with Crippen molar-refractivity contribution in [3.63, 3.8) is 0 Å². The van der Waals surface area contributed by atoms with Gasteiger partial charge in [0.15, 0.2) is 0 Å². The molecule has 0 aromatic rings. The Morgan fingerprint density at radius 1 is 0.305 bits per heavy atom. The summed E-state index contributed by atoms with van der Waals surface area (Å²) in [6.45, 7) is 7.02. The summed E-state index contributed by atoms with van der Waals surface area (Å²) in [5, 5.41) is 36.9. The number of carboxylic acids is 1. The molecule has 0 spiro atoms. The number of ether oxygens (including phenoxy) is 2. The molecule has 0 saturated carbocycles. The summed E-state index contributed by atoms with van der Waals surface area (Å²) in [5.74, 6) is -6.21. The average molecular weight is 1510 g/mol. The van der Waals surface area contributed by atoms with Crippen LogP contribution in [0.1, 0.15) is 374 Å².